The molecule has 3 rings (SSSR count). The maximum absolute atomic E-state index is 13.6. The van der Waals surface area contributed by atoms with Crippen LogP contribution in [0.2, 0.25) is 0 Å². The van der Waals surface area contributed by atoms with Crippen LogP contribution in [0.3, 0.4) is 0 Å². The molecule has 1 aromatic heterocycles. The number of H-pyrrole nitrogens is 1. The second-order valence-corrected chi connectivity index (χ2v) is 4.85. The van der Waals surface area contributed by atoms with Crippen LogP contribution in [0.25, 0.3) is 11.3 Å². The fourth-order valence-electron chi connectivity index (χ4n) is 2.02. The lowest BCUT2D eigenvalue weighted by Gasteiger charge is -2.01. The molecule has 0 aliphatic heterocycles. The third-order valence-electron chi connectivity index (χ3n) is 3.22. The van der Waals surface area contributed by atoms with Gasteiger partial charge in [-0.25, -0.2) is 13.8 Å². The molecule has 0 radical (unpaired) electrons. The van der Waals surface area contributed by atoms with Gasteiger partial charge in [0.05, 0.1) is 11.9 Å². The standard InChI is InChI=1S/C14H15F2N3/c15-9-1-4-11(12(16)7-9)13-8-18-14(19-13)5-6-17-10-2-3-10/h1,4,7-8,10,17H,2-3,5-6H2,(H,18,19). The molecule has 3 nitrogen and oxygen atoms in total. The summed E-state index contributed by atoms with van der Waals surface area (Å²) in [5.41, 5.74) is 0.925. The second-order valence-electron chi connectivity index (χ2n) is 4.85. The zero-order chi connectivity index (χ0) is 13.2. The Labute approximate surface area is 110 Å². The number of nitrogens with zero attached hydrogens (tertiary/aromatic N) is 1. The molecule has 0 saturated heterocycles. The van der Waals surface area contributed by atoms with Crippen LogP contribution < -0.4 is 5.32 Å². The largest absolute Gasteiger partial charge is 0.342 e. The van der Waals surface area contributed by atoms with E-state index in [1.165, 1.54) is 25.0 Å². The van der Waals surface area contributed by atoms with Crippen molar-refractivity contribution in [3.8, 4) is 11.3 Å². The van der Waals surface area contributed by atoms with Gasteiger partial charge >= 0.3 is 0 Å². The zero-order valence-electron chi connectivity index (χ0n) is 10.4. The summed E-state index contributed by atoms with van der Waals surface area (Å²) in [7, 11) is 0. The van der Waals surface area contributed by atoms with Crippen molar-refractivity contribution in [2.45, 2.75) is 25.3 Å². The molecule has 0 amide bonds. The highest BCUT2D eigenvalue weighted by molar-refractivity contribution is 5.59. The van der Waals surface area contributed by atoms with E-state index in [4.69, 9.17) is 0 Å². The summed E-state index contributed by atoms with van der Waals surface area (Å²) in [6.07, 6.45) is 4.87. The Kier molecular flexibility index (Phi) is 3.29. The molecule has 0 spiro atoms. The minimum atomic E-state index is -0.577. The molecule has 100 valence electrons. The van der Waals surface area contributed by atoms with E-state index in [-0.39, 0.29) is 0 Å². The Bertz CT molecular complexity index is 576. The number of hydrogen-bond acceptors (Lipinski definition) is 2. The Balaban J connectivity index is 1.68. The van der Waals surface area contributed by atoms with Gasteiger partial charge in [0.1, 0.15) is 17.5 Å². The van der Waals surface area contributed by atoms with Crippen molar-refractivity contribution in [3.05, 3.63) is 41.9 Å². The van der Waals surface area contributed by atoms with Gasteiger partial charge in [-0.05, 0) is 25.0 Å². The van der Waals surface area contributed by atoms with E-state index >= 15 is 0 Å². The lowest BCUT2D eigenvalue weighted by molar-refractivity contribution is 0.585. The Morgan fingerprint density at radius 1 is 1.32 bits per heavy atom. The number of halogens is 2. The quantitative estimate of drug-likeness (QED) is 0.870. The number of aromatic amines is 1. The van der Waals surface area contributed by atoms with Crippen molar-refractivity contribution in [1.29, 1.82) is 0 Å². The molecule has 0 atom stereocenters. The predicted octanol–water partition coefficient (Wildman–Crippen LogP) is 2.65. The number of nitrogens with one attached hydrogen (secondary N) is 2. The summed E-state index contributed by atoms with van der Waals surface area (Å²) < 4.78 is 26.5. The van der Waals surface area contributed by atoms with Crippen LogP contribution in [0.15, 0.2) is 24.4 Å². The van der Waals surface area contributed by atoms with Gasteiger partial charge < -0.3 is 10.3 Å². The van der Waals surface area contributed by atoms with Gasteiger partial charge in [-0.1, -0.05) is 0 Å². The van der Waals surface area contributed by atoms with Crippen LogP contribution >= 0.6 is 0 Å². The van der Waals surface area contributed by atoms with Gasteiger partial charge in [0.25, 0.3) is 0 Å². The number of rotatable bonds is 5. The lowest BCUT2D eigenvalue weighted by atomic mass is 10.1. The smallest absolute Gasteiger partial charge is 0.135 e. The number of benzene rings is 1. The molecule has 5 heteroatoms. The molecular formula is C14H15F2N3. The molecule has 1 saturated carbocycles. The van der Waals surface area contributed by atoms with Crippen LogP contribution in [0.1, 0.15) is 18.7 Å². The van der Waals surface area contributed by atoms with Crippen LogP contribution in [0, 0.1) is 11.6 Å². The minimum absolute atomic E-state index is 0.343. The Morgan fingerprint density at radius 3 is 2.89 bits per heavy atom. The van der Waals surface area contributed by atoms with E-state index in [0.29, 0.717) is 17.3 Å². The molecule has 19 heavy (non-hydrogen) atoms. The summed E-state index contributed by atoms with van der Waals surface area (Å²) in [4.78, 5) is 7.29. The van der Waals surface area contributed by atoms with Gasteiger partial charge in [-0.3, -0.25) is 0 Å². The maximum Gasteiger partial charge on any atom is 0.135 e. The second kappa shape index (κ2) is 5.09. The fraction of sp³-hybridized carbons (Fsp3) is 0.357. The van der Waals surface area contributed by atoms with Gasteiger partial charge in [-0.15, -0.1) is 0 Å². The van der Waals surface area contributed by atoms with Crippen molar-refractivity contribution < 1.29 is 8.78 Å². The van der Waals surface area contributed by atoms with Crippen LogP contribution in [-0.2, 0) is 6.42 Å². The minimum Gasteiger partial charge on any atom is -0.342 e. The fourth-order valence-corrected chi connectivity index (χ4v) is 2.02. The average Bonchev–Trinajstić information content (AvgIpc) is 3.07. The Morgan fingerprint density at radius 2 is 2.16 bits per heavy atom. The third kappa shape index (κ3) is 2.98. The summed E-state index contributed by atoms with van der Waals surface area (Å²) in [6.45, 7) is 0.865. The molecule has 0 unspecified atom stereocenters. The first kappa shape index (κ1) is 12.3. The van der Waals surface area contributed by atoms with E-state index in [9.17, 15) is 8.78 Å². The molecule has 1 aliphatic rings. The van der Waals surface area contributed by atoms with E-state index < -0.39 is 11.6 Å². The average molecular weight is 263 g/mol. The van der Waals surface area contributed by atoms with Crippen molar-refractivity contribution in [1.82, 2.24) is 15.3 Å². The third-order valence-corrected chi connectivity index (χ3v) is 3.22. The van der Waals surface area contributed by atoms with Gasteiger partial charge in [0.15, 0.2) is 0 Å². The number of aromatic nitrogens is 2. The van der Waals surface area contributed by atoms with Gasteiger partial charge in [0, 0.05) is 30.6 Å². The topological polar surface area (TPSA) is 40.7 Å². The molecule has 1 aliphatic carbocycles. The molecular weight excluding hydrogens is 248 g/mol. The maximum atomic E-state index is 13.6. The zero-order valence-corrected chi connectivity index (χ0v) is 10.4. The Hall–Kier alpha value is -1.75. The SMILES string of the molecule is Fc1ccc(-c2cnc(CCNC3CC3)[nH]2)c(F)c1. The van der Waals surface area contributed by atoms with Gasteiger partial charge in [0.2, 0.25) is 0 Å². The molecule has 0 bridgehead atoms. The monoisotopic (exact) mass is 263 g/mol. The lowest BCUT2D eigenvalue weighted by Crippen LogP contribution is -2.19. The van der Waals surface area contributed by atoms with E-state index in [1.807, 2.05) is 0 Å². The van der Waals surface area contributed by atoms with Crippen LogP contribution in [-0.4, -0.2) is 22.6 Å². The van der Waals surface area contributed by atoms with Gasteiger partial charge in [-0.2, -0.15) is 0 Å². The molecule has 1 fully saturated rings. The van der Waals surface area contributed by atoms with E-state index in [1.54, 1.807) is 6.20 Å². The van der Waals surface area contributed by atoms with Crippen molar-refractivity contribution >= 4 is 0 Å². The van der Waals surface area contributed by atoms with Crippen LogP contribution in [0.4, 0.5) is 8.78 Å². The van der Waals surface area contributed by atoms with Crippen molar-refractivity contribution in [3.63, 3.8) is 0 Å². The number of imidazole rings is 1. The number of hydrogen-bond donors (Lipinski definition) is 2. The normalized spacial score (nSPS) is 14.8. The van der Waals surface area contributed by atoms with E-state index in [2.05, 4.69) is 15.3 Å². The molecule has 2 aromatic rings. The highest BCUT2D eigenvalue weighted by atomic mass is 19.1. The van der Waals surface area contributed by atoms with Crippen molar-refractivity contribution in [2.75, 3.05) is 6.54 Å². The highest BCUT2D eigenvalue weighted by Crippen LogP contribution is 2.22. The molecule has 2 N–H and O–H groups in total. The summed E-state index contributed by atoms with van der Waals surface area (Å²) >= 11 is 0. The predicted molar refractivity (Wildman–Crippen MR) is 68.7 cm³/mol. The summed E-state index contributed by atoms with van der Waals surface area (Å²) in [6, 6.07) is 4.21. The van der Waals surface area contributed by atoms with Crippen LogP contribution in [0.5, 0.6) is 0 Å². The molecule has 1 heterocycles. The summed E-state index contributed by atoms with van der Waals surface area (Å²) in [5.74, 6) is -0.340. The molecule has 1 aromatic carbocycles. The first-order valence-corrected chi connectivity index (χ1v) is 6.45. The summed E-state index contributed by atoms with van der Waals surface area (Å²) in [5, 5.41) is 3.39. The van der Waals surface area contributed by atoms with Crippen molar-refractivity contribution in [2.24, 2.45) is 0 Å². The first-order valence-electron chi connectivity index (χ1n) is 6.45. The first-order chi connectivity index (χ1) is 9.22. The highest BCUT2D eigenvalue weighted by Gasteiger charge is 2.19. The van der Waals surface area contributed by atoms with E-state index in [0.717, 1.165) is 24.9 Å².